The number of hydrogen-bond donors (Lipinski definition) is 0. The molecule has 5 heteroatoms. The van der Waals surface area contributed by atoms with Crippen LogP contribution in [0.25, 0.3) is 22.1 Å². The van der Waals surface area contributed by atoms with Crippen molar-refractivity contribution in [3.63, 3.8) is 0 Å². The maximum Gasteiger partial charge on any atom is 0.344 e. The summed E-state index contributed by atoms with van der Waals surface area (Å²) in [4.78, 5) is 26.0. The van der Waals surface area contributed by atoms with Crippen molar-refractivity contribution in [2.75, 3.05) is 18.0 Å². The van der Waals surface area contributed by atoms with E-state index in [9.17, 15) is 9.59 Å². The summed E-state index contributed by atoms with van der Waals surface area (Å²) in [5.74, 6) is -0.606. The minimum absolute atomic E-state index is 0.297. The van der Waals surface area contributed by atoms with Gasteiger partial charge in [-0.15, -0.1) is 0 Å². The van der Waals surface area contributed by atoms with Crippen molar-refractivity contribution in [3.05, 3.63) is 64.5 Å². The quantitative estimate of drug-likeness (QED) is 0.396. The number of nitrogens with zero attached hydrogens (tertiary/aromatic N) is 2. The highest BCUT2D eigenvalue weighted by Crippen LogP contribution is 2.25. The lowest BCUT2D eigenvalue weighted by Crippen LogP contribution is -2.21. The van der Waals surface area contributed by atoms with E-state index < -0.39 is 11.4 Å². The Kier molecular flexibility index (Phi) is 4.85. The van der Waals surface area contributed by atoms with Gasteiger partial charge in [-0.1, -0.05) is 12.1 Å². The molecule has 0 fully saturated rings. The van der Waals surface area contributed by atoms with Crippen LogP contribution in [0.4, 0.5) is 5.69 Å². The SMILES string of the molecule is CCN(CC)c1ccc2cc(-c3ccc(C(=O)C#N)cc3)c(=O)oc2c1. The van der Waals surface area contributed by atoms with Gasteiger partial charge >= 0.3 is 5.63 Å². The standard InChI is InChI=1S/C21H18N2O3/c1-3-23(4-2)17-10-9-16-11-18(21(25)26-20(16)12-17)14-5-7-15(8-6-14)19(24)13-22/h5-12H,3-4H2,1-2H3. The second-order valence-corrected chi connectivity index (χ2v) is 5.86. The molecule has 0 aliphatic rings. The molecule has 3 rings (SSSR count). The normalized spacial score (nSPS) is 10.5. The number of carbonyl (C=O) groups excluding carboxylic acids is 1. The molecule has 26 heavy (non-hydrogen) atoms. The first-order valence-electron chi connectivity index (χ1n) is 8.45. The van der Waals surface area contributed by atoms with E-state index in [2.05, 4.69) is 18.7 Å². The largest absolute Gasteiger partial charge is 0.422 e. The minimum Gasteiger partial charge on any atom is -0.422 e. The zero-order valence-electron chi connectivity index (χ0n) is 14.7. The molecule has 0 saturated carbocycles. The first kappa shape index (κ1) is 17.4. The highest BCUT2D eigenvalue weighted by atomic mass is 16.4. The van der Waals surface area contributed by atoms with E-state index in [0.717, 1.165) is 24.2 Å². The molecule has 0 radical (unpaired) electrons. The van der Waals surface area contributed by atoms with Crippen molar-refractivity contribution in [1.29, 1.82) is 5.26 Å². The fourth-order valence-electron chi connectivity index (χ4n) is 2.95. The van der Waals surface area contributed by atoms with E-state index in [1.54, 1.807) is 24.3 Å². The van der Waals surface area contributed by atoms with Gasteiger partial charge in [-0.2, -0.15) is 5.26 Å². The van der Waals surface area contributed by atoms with Crippen LogP contribution in [-0.4, -0.2) is 18.9 Å². The highest BCUT2D eigenvalue weighted by molar-refractivity contribution is 6.07. The van der Waals surface area contributed by atoms with Crippen molar-refractivity contribution in [2.24, 2.45) is 0 Å². The van der Waals surface area contributed by atoms with Gasteiger partial charge in [-0.3, -0.25) is 4.79 Å². The number of anilines is 1. The van der Waals surface area contributed by atoms with Gasteiger partial charge in [0.1, 0.15) is 11.7 Å². The number of Topliss-reactive ketones (excluding diaryl/α,β-unsaturated/α-hetero) is 1. The van der Waals surface area contributed by atoms with Crippen molar-refractivity contribution in [3.8, 4) is 17.2 Å². The monoisotopic (exact) mass is 346 g/mol. The second kappa shape index (κ2) is 7.24. The fraction of sp³-hybridized carbons (Fsp3) is 0.190. The van der Waals surface area contributed by atoms with E-state index in [0.29, 0.717) is 22.3 Å². The zero-order chi connectivity index (χ0) is 18.7. The molecule has 2 aromatic carbocycles. The van der Waals surface area contributed by atoms with Crippen molar-refractivity contribution in [2.45, 2.75) is 13.8 Å². The summed E-state index contributed by atoms with van der Waals surface area (Å²) in [6, 6.07) is 15.5. The molecule has 0 saturated heterocycles. The summed E-state index contributed by atoms with van der Waals surface area (Å²) in [5.41, 5.74) is 2.48. The Morgan fingerprint density at radius 2 is 1.77 bits per heavy atom. The topological polar surface area (TPSA) is 74.3 Å². The Balaban J connectivity index is 2.04. The molecular weight excluding hydrogens is 328 g/mol. The van der Waals surface area contributed by atoms with Crippen LogP contribution in [0.3, 0.4) is 0 Å². The number of carbonyl (C=O) groups is 1. The summed E-state index contributed by atoms with van der Waals surface area (Å²) >= 11 is 0. The smallest absolute Gasteiger partial charge is 0.344 e. The number of nitriles is 1. The fourth-order valence-corrected chi connectivity index (χ4v) is 2.95. The molecule has 1 heterocycles. The van der Waals surface area contributed by atoms with Crippen molar-refractivity contribution in [1.82, 2.24) is 0 Å². The molecule has 5 nitrogen and oxygen atoms in total. The molecule has 0 spiro atoms. The Labute approximate surface area is 151 Å². The summed E-state index contributed by atoms with van der Waals surface area (Å²) in [6.45, 7) is 5.90. The lowest BCUT2D eigenvalue weighted by Gasteiger charge is -2.21. The lowest BCUT2D eigenvalue weighted by molar-refractivity contribution is 0.105. The molecule has 0 atom stereocenters. The van der Waals surface area contributed by atoms with Crippen LogP contribution in [0.5, 0.6) is 0 Å². The van der Waals surface area contributed by atoms with Gasteiger partial charge in [-0.05, 0) is 49.7 Å². The minimum atomic E-state index is -0.606. The summed E-state index contributed by atoms with van der Waals surface area (Å²) in [5, 5.41) is 9.49. The van der Waals surface area contributed by atoms with Gasteiger partial charge in [0, 0.05) is 35.8 Å². The molecule has 0 aliphatic carbocycles. The second-order valence-electron chi connectivity index (χ2n) is 5.86. The van der Waals surface area contributed by atoms with Gasteiger partial charge in [0.2, 0.25) is 0 Å². The number of hydrogen-bond acceptors (Lipinski definition) is 5. The molecule has 1 aromatic heterocycles. The number of fused-ring (bicyclic) bond motifs is 1. The van der Waals surface area contributed by atoms with E-state index >= 15 is 0 Å². The van der Waals surface area contributed by atoms with E-state index in [1.165, 1.54) is 12.1 Å². The van der Waals surface area contributed by atoms with Crippen LogP contribution < -0.4 is 10.5 Å². The first-order chi connectivity index (χ1) is 12.6. The maximum absolute atomic E-state index is 12.4. The van der Waals surface area contributed by atoms with E-state index in [-0.39, 0.29) is 0 Å². The molecule has 0 unspecified atom stereocenters. The van der Waals surface area contributed by atoms with E-state index in [1.807, 2.05) is 18.2 Å². The lowest BCUT2D eigenvalue weighted by atomic mass is 10.0. The van der Waals surface area contributed by atoms with Gasteiger partial charge in [0.25, 0.3) is 5.78 Å². The van der Waals surface area contributed by atoms with Crippen LogP contribution in [0.15, 0.2) is 57.7 Å². The number of benzene rings is 2. The maximum atomic E-state index is 12.4. The molecule has 0 N–H and O–H groups in total. The first-order valence-corrected chi connectivity index (χ1v) is 8.45. The summed E-state index contributed by atoms with van der Waals surface area (Å²) in [6.07, 6.45) is 0. The zero-order valence-corrected chi connectivity index (χ0v) is 14.7. The Morgan fingerprint density at radius 1 is 1.08 bits per heavy atom. The Morgan fingerprint density at radius 3 is 2.38 bits per heavy atom. The van der Waals surface area contributed by atoms with Gasteiger partial charge in [0.05, 0.1) is 5.56 Å². The van der Waals surface area contributed by atoms with Gasteiger partial charge in [-0.25, -0.2) is 4.79 Å². The molecule has 0 amide bonds. The summed E-state index contributed by atoms with van der Waals surface area (Å²) in [7, 11) is 0. The third kappa shape index (κ3) is 3.22. The molecule has 3 aromatic rings. The van der Waals surface area contributed by atoms with Gasteiger partial charge < -0.3 is 9.32 Å². The van der Waals surface area contributed by atoms with Crippen molar-refractivity contribution < 1.29 is 9.21 Å². The Hall–Kier alpha value is -3.39. The third-order valence-electron chi connectivity index (χ3n) is 4.41. The Bertz CT molecular complexity index is 1060. The van der Waals surface area contributed by atoms with Crippen LogP contribution in [0, 0.1) is 11.3 Å². The number of rotatable bonds is 5. The molecule has 0 bridgehead atoms. The third-order valence-corrected chi connectivity index (χ3v) is 4.41. The van der Waals surface area contributed by atoms with Crippen molar-refractivity contribution >= 4 is 22.4 Å². The highest BCUT2D eigenvalue weighted by Gasteiger charge is 2.11. The molecular formula is C21H18N2O3. The van der Waals surface area contributed by atoms with Gasteiger partial charge in [0.15, 0.2) is 0 Å². The summed E-state index contributed by atoms with van der Waals surface area (Å²) < 4.78 is 5.52. The molecule has 0 aliphatic heterocycles. The van der Waals surface area contributed by atoms with E-state index in [4.69, 9.17) is 9.68 Å². The van der Waals surface area contributed by atoms with Crippen LogP contribution in [0.2, 0.25) is 0 Å². The number of ketones is 1. The van der Waals surface area contributed by atoms with Crippen LogP contribution in [-0.2, 0) is 0 Å². The predicted molar refractivity (Wildman–Crippen MR) is 101 cm³/mol. The van der Waals surface area contributed by atoms with Crippen LogP contribution in [0.1, 0.15) is 24.2 Å². The predicted octanol–water partition coefficient (Wildman–Crippen LogP) is 4.01. The molecule has 130 valence electrons. The van der Waals surface area contributed by atoms with Crippen LogP contribution >= 0.6 is 0 Å². The average Bonchev–Trinajstić information content (AvgIpc) is 2.68. The average molecular weight is 346 g/mol.